The third-order valence-electron chi connectivity index (χ3n) is 3.51. The minimum atomic E-state index is -0.645. The molecule has 1 atom stereocenters. The molecule has 1 aromatic carbocycles. The number of esters is 1. The van der Waals surface area contributed by atoms with E-state index in [0.717, 1.165) is 19.4 Å². The number of hydrogen-bond donors (Lipinski definition) is 1. The van der Waals surface area contributed by atoms with Gasteiger partial charge in [-0.25, -0.2) is 4.79 Å². The Bertz CT molecular complexity index is 554. The number of rotatable bonds is 7. The van der Waals surface area contributed by atoms with Gasteiger partial charge in [0.25, 0.3) is 5.91 Å². The van der Waals surface area contributed by atoms with Gasteiger partial charge in [0.15, 0.2) is 18.1 Å². The maximum atomic E-state index is 12.1. The van der Waals surface area contributed by atoms with Crippen molar-refractivity contribution in [3.63, 3.8) is 0 Å². The number of carbonyl (C=O) groups excluding carboxylic acids is 2. The maximum Gasteiger partial charge on any atom is 0.342 e. The molecule has 0 spiro atoms. The lowest BCUT2D eigenvalue weighted by Gasteiger charge is -2.13. The van der Waals surface area contributed by atoms with Crippen LogP contribution in [0.15, 0.2) is 18.2 Å². The number of hydrogen-bond acceptors (Lipinski definition) is 6. The molecule has 126 valence electrons. The second-order valence-corrected chi connectivity index (χ2v) is 5.06. The zero-order valence-corrected chi connectivity index (χ0v) is 13.3. The molecular weight excluding hydrogens is 302 g/mol. The average molecular weight is 323 g/mol. The van der Waals surface area contributed by atoms with Gasteiger partial charge in [0.1, 0.15) is 5.56 Å². The van der Waals surface area contributed by atoms with Crippen LogP contribution in [0.3, 0.4) is 0 Å². The zero-order chi connectivity index (χ0) is 16.7. The molecule has 7 nitrogen and oxygen atoms in total. The summed E-state index contributed by atoms with van der Waals surface area (Å²) in [5, 5.41) is 2.69. The maximum absolute atomic E-state index is 12.1. The lowest BCUT2D eigenvalue weighted by Crippen LogP contribution is -2.34. The highest BCUT2D eigenvalue weighted by molar-refractivity contribution is 5.94. The Hall–Kier alpha value is -2.28. The van der Waals surface area contributed by atoms with Crippen molar-refractivity contribution < 1.29 is 28.5 Å². The van der Waals surface area contributed by atoms with Crippen LogP contribution < -0.4 is 14.8 Å². The summed E-state index contributed by atoms with van der Waals surface area (Å²) in [6.45, 7) is 0.802. The molecule has 1 N–H and O–H groups in total. The van der Waals surface area contributed by atoms with Crippen molar-refractivity contribution in [1.82, 2.24) is 5.32 Å². The monoisotopic (exact) mass is 323 g/mol. The van der Waals surface area contributed by atoms with E-state index in [4.69, 9.17) is 18.9 Å². The van der Waals surface area contributed by atoms with Crippen molar-refractivity contribution in [1.29, 1.82) is 0 Å². The van der Waals surface area contributed by atoms with Crippen molar-refractivity contribution in [2.45, 2.75) is 18.9 Å². The van der Waals surface area contributed by atoms with Crippen LogP contribution in [0, 0.1) is 0 Å². The molecule has 1 aliphatic heterocycles. The molecule has 0 unspecified atom stereocenters. The van der Waals surface area contributed by atoms with Crippen molar-refractivity contribution in [2.75, 3.05) is 34.0 Å². The molecule has 1 heterocycles. The van der Waals surface area contributed by atoms with Gasteiger partial charge in [-0.2, -0.15) is 0 Å². The summed E-state index contributed by atoms with van der Waals surface area (Å²) in [6.07, 6.45) is 1.99. The highest BCUT2D eigenvalue weighted by atomic mass is 16.5. The normalized spacial score (nSPS) is 16.7. The molecule has 0 aromatic heterocycles. The van der Waals surface area contributed by atoms with Gasteiger partial charge < -0.3 is 24.3 Å². The van der Waals surface area contributed by atoms with E-state index in [1.807, 2.05) is 0 Å². The summed E-state index contributed by atoms with van der Waals surface area (Å²) in [4.78, 5) is 23.8. The molecule has 0 saturated carbocycles. The Labute approximate surface area is 134 Å². The van der Waals surface area contributed by atoms with E-state index in [0.29, 0.717) is 12.3 Å². The molecule has 0 radical (unpaired) electrons. The van der Waals surface area contributed by atoms with Crippen molar-refractivity contribution in [3.05, 3.63) is 23.8 Å². The van der Waals surface area contributed by atoms with Gasteiger partial charge in [-0.05, 0) is 25.0 Å². The van der Waals surface area contributed by atoms with Crippen molar-refractivity contribution in [2.24, 2.45) is 0 Å². The highest BCUT2D eigenvalue weighted by Crippen LogP contribution is 2.30. The van der Waals surface area contributed by atoms with E-state index in [2.05, 4.69) is 5.32 Å². The van der Waals surface area contributed by atoms with E-state index in [-0.39, 0.29) is 29.9 Å². The number of carbonyl (C=O) groups is 2. The van der Waals surface area contributed by atoms with Crippen LogP contribution in [0.25, 0.3) is 0 Å². The standard InChI is InChI=1S/C16H21NO6/c1-20-13-7-3-6-12(15(13)21-2)16(19)23-10-14(18)17-9-11-5-4-8-22-11/h3,6-7,11H,4-5,8-10H2,1-2H3,(H,17,18)/t11-/m0/s1. The molecule has 1 aromatic rings. The van der Waals surface area contributed by atoms with Gasteiger partial charge in [-0.15, -0.1) is 0 Å². The third kappa shape index (κ3) is 4.59. The van der Waals surface area contributed by atoms with Crippen molar-refractivity contribution >= 4 is 11.9 Å². The Morgan fingerprint density at radius 1 is 1.30 bits per heavy atom. The molecule has 1 aliphatic rings. The summed E-state index contributed by atoms with van der Waals surface area (Å²) in [5.74, 6) is -0.312. The molecule has 2 rings (SSSR count). The SMILES string of the molecule is COc1cccc(C(=O)OCC(=O)NC[C@@H]2CCCO2)c1OC. The summed E-state index contributed by atoms with van der Waals surface area (Å²) in [7, 11) is 2.91. The molecule has 23 heavy (non-hydrogen) atoms. The van der Waals surface area contributed by atoms with E-state index in [1.165, 1.54) is 14.2 Å². The van der Waals surface area contributed by atoms with E-state index in [9.17, 15) is 9.59 Å². The fourth-order valence-electron chi connectivity index (χ4n) is 2.34. The van der Waals surface area contributed by atoms with Crippen LogP contribution in [-0.4, -0.2) is 52.0 Å². The van der Waals surface area contributed by atoms with Crippen LogP contribution in [0.4, 0.5) is 0 Å². The van der Waals surface area contributed by atoms with Crippen molar-refractivity contribution in [3.8, 4) is 11.5 Å². The van der Waals surface area contributed by atoms with Gasteiger partial charge in [-0.3, -0.25) is 4.79 Å². The van der Waals surface area contributed by atoms with Crippen LogP contribution in [-0.2, 0) is 14.3 Å². The van der Waals surface area contributed by atoms with Gasteiger partial charge in [-0.1, -0.05) is 6.07 Å². The van der Waals surface area contributed by atoms with E-state index < -0.39 is 5.97 Å². The number of para-hydroxylation sites is 1. The van der Waals surface area contributed by atoms with Gasteiger partial charge in [0, 0.05) is 13.2 Å². The summed E-state index contributed by atoms with van der Waals surface area (Å²) < 4.78 is 20.7. The summed E-state index contributed by atoms with van der Waals surface area (Å²) >= 11 is 0. The fourth-order valence-corrected chi connectivity index (χ4v) is 2.34. The third-order valence-corrected chi connectivity index (χ3v) is 3.51. The average Bonchev–Trinajstić information content (AvgIpc) is 3.10. The molecule has 0 aliphatic carbocycles. The Balaban J connectivity index is 1.85. The zero-order valence-electron chi connectivity index (χ0n) is 13.3. The number of methoxy groups -OCH3 is 2. The first-order valence-corrected chi connectivity index (χ1v) is 7.42. The van der Waals surface area contributed by atoms with Crippen LogP contribution in [0.5, 0.6) is 11.5 Å². The van der Waals surface area contributed by atoms with E-state index in [1.54, 1.807) is 18.2 Å². The van der Waals surface area contributed by atoms with Gasteiger partial charge in [0.05, 0.1) is 20.3 Å². The minimum absolute atomic E-state index is 0.0492. The largest absolute Gasteiger partial charge is 0.493 e. The van der Waals surface area contributed by atoms with E-state index >= 15 is 0 Å². The Morgan fingerprint density at radius 3 is 2.78 bits per heavy atom. The van der Waals surface area contributed by atoms with Gasteiger partial charge >= 0.3 is 5.97 Å². The van der Waals surface area contributed by atoms with Crippen LogP contribution in [0.1, 0.15) is 23.2 Å². The first kappa shape index (κ1) is 17.1. The summed E-state index contributed by atoms with van der Waals surface area (Å²) in [5.41, 5.74) is 0.207. The second kappa shape index (κ2) is 8.38. The molecule has 7 heteroatoms. The quantitative estimate of drug-likeness (QED) is 0.758. The van der Waals surface area contributed by atoms with Crippen LogP contribution >= 0.6 is 0 Å². The van der Waals surface area contributed by atoms with Gasteiger partial charge in [0.2, 0.25) is 0 Å². The Kier molecular flexibility index (Phi) is 6.22. The first-order chi connectivity index (χ1) is 11.2. The smallest absolute Gasteiger partial charge is 0.342 e. The minimum Gasteiger partial charge on any atom is -0.493 e. The molecule has 1 fully saturated rings. The predicted molar refractivity (Wildman–Crippen MR) is 81.8 cm³/mol. The second-order valence-electron chi connectivity index (χ2n) is 5.06. The number of benzene rings is 1. The number of amides is 1. The number of ether oxygens (including phenoxy) is 4. The summed E-state index contributed by atoms with van der Waals surface area (Å²) in [6, 6.07) is 4.87. The highest BCUT2D eigenvalue weighted by Gasteiger charge is 2.20. The van der Waals surface area contributed by atoms with Crippen LogP contribution in [0.2, 0.25) is 0 Å². The molecule has 0 bridgehead atoms. The molecule has 1 amide bonds. The lowest BCUT2D eigenvalue weighted by atomic mass is 10.2. The molecule has 1 saturated heterocycles. The number of nitrogens with one attached hydrogen (secondary N) is 1. The first-order valence-electron chi connectivity index (χ1n) is 7.42. The topological polar surface area (TPSA) is 83.1 Å². The predicted octanol–water partition coefficient (Wildman–Crippen LogP) is 1.16. The Morgan fingerprint density at radius 2 is 2.13 bits per heavy atom. The fraction of sp³-hybridized carbons (Fsp3) is 0.500. The lowest BCUT2D eigenvalue weighted by molar-refractivity contribution is -0.124. The molecular formula is C16H21NO6.